The predicted octanol–water partition coefficient (Wildman–Crippen LogP) is 2.36. The van der Waals surface area contributed by atoms with Crippen LogP contribution in [0.2, 0.25) is 0 Å². The van der Waals surface area contributed by atoms with Crippen molar-refractivity contribution in [2.75, 3.05) is 12.0 Å². The molecule has 0 aliphatic carbocycles. The molecule has 25 heavy (non-hydrogen) atoms. The molecular formula is C17H12IN3O4. The number of barbiturate groups is 1. The minimum absolute atomic E-state index is 0.127. The predicted molar refractivity (Wildman–Crippen MR) is 98.9 cm³/mol. The van der Waals surface area contributed by atoms with E-state index in [0.29, 0.717) is 17.0 Å². The van der Waals surface area contributed by atoms with E-state index in [-0.39, 0.29) is 5.57 Å². The molecule has 7 nitrogen and oxygen atoms in total. The number of imide groups is 2. The number of urea groups is 1. The molecule has 0 spiro atoms. The summed E-state index contributed by atoms with van der Waals surface area (Å²) in [5, 5.41) is 2.18. The first kappa shape index (κ1) is 17.1. The summed E-state index contributed by atoms with van der Waals surface area (Å²) < 4.78 is 6.02. The third kappa shape index (κ3) is 3.38. The van der Waals surface area contributed by atoms with Crippen molar-refractivity contribution in [3.8, 4) is 5.75 Å². The summed E-state index contributed by atoms with van der Waals surface area (Å²) in [6.07, 6.45) is 4.36. The third-order valence-electron chi connectivity index (χ3n) is 3.51. The average Bonchev–Trinajstić information content (AvgIpc) is 2.59. The van der Waals surface area contributed by atoms with Crippen LogP contribution in [0.5, 0.6) is 5.75 Å². The van der Waals surface area contributed by atoms with Gasteiger partial charge >= 0.3 is 6.03 Å². The zero-order valence-corrected chi connectivity index (χ0v) is 15.2. The van der Waals surface area contributed by atoms with Gasteiger partial charge in [0.25, 0.3) is 11.8 Å². The van der Waals surface area contributed by atoms with Gasteiger partial charge in [0.1, 0.15) is 11.3 Å². The summed E-state index contributed by atoms with van der Waals surface area (Å²) in [4.78, 5) is 41.6. The molecule has 0 unspecified atom stereocenters. The lowest BCUT2D eigenvalue weighted by Gasteiger charge is -2.26. The standard InChI is InChI=1S/C17H12IN3O4/c1-25-14-3-2-10(9-13(14)18)8-12-15(22)20-17(24)21(16(12)23)11-4-6-19-7-5-11/h2-9H,1H3,(H,20,22,24)/b12-8+. The maximum atomic E-state index is 12.7. The molecule has 1 fully saturated rings. The number of halogens is 1. The Bertz CT molecular complexity index is 896. The molecule has 1 aliphatic heterocycles. The molecule has 3 rings (SSSR count). The molecule has 2 aromatic rings. The molecule has 1 aromatic carbocycles. The summed E-state index contributed by atoms with van der Waals surface area (Å²) in [7, 11) is 1.56. The van der Waals surface area contributed by atoms with Crippen LogP contribution in [0.15, 0.2) is 48.3 Å². The quantitative estimate of drug-likeness (QED) is 0.442. The average molecular weight is 449 g/mol. The van der Waals surface area contributed by atoms with E-state index in [1.807, 2.05) is 0 Å². The van der Waals surface area contributed by atoms with E-state index in [1.165, 1.54) is 30.6 Å². The van der Waals surface area contributed by atoms with E-state index in [1.54, 1.807) is 25.3 Å². The number of aromatic nitrogens is 1. The number of rotatable bonds is 3. The molecule has 4 amide bonds. The van der Waals surface area contributed by atoms with Crippen LogP contribution in [0.1, 0.15) is 5.56 Å². The highest BCUT2D eigenvalue weighted by molar-refractivity contribution is 14.1. The fraction of sp³-hybridized carbons (Fsp3) is 0.0588. The molecule has 8 heteroatoms. The Labute approximate surface area is 156 Å². The number of nitrogens with one attached hydrogen (secondary N) is 1. The van der Waals surface area contributed by atoms with Crippen LogP contribution in [0.4, 0.5) is 10.5 Å². The summed E-state index contributed by atoms with van der Waals surface area (Å²) in [5.74, 6) is -0.729. The van der Waals surface area contributed by atoms with E-state index in [0.717, 1.165) is 8.47 Å². The van der Waals surface area contributed by atoms with Crippen LogP contribution in [0.3, 0.4) is 0 Å². The molecule has 126 valence electrons. The van der Waals surface area contributed by atoms with Crippen molar-refractivity contribution in [3.05, 3.63) is 57.4 Å². The molecule has 0 saturated carbocycles. The second-order valence-corrected chi connectivity index (χ2v) is 6.22. The zero-order chi connectivity index (χ0) is 18.0. The van der Waals surface area contributed by atoms with E-state index < -0.39 is 17.8 Å². The highest BCUT2D eigenvalue weighted by atomic mass is 127. The number of anilines is 1. The largest absolute Gasteiger partial charge is 0.496 e. The molecule has 1 N–H and O–H groups in total. The summed E-state index contributed by atoms with van der Waals surface area (Å²) in [5.41, 5.74) is 0.852. The number of methoxy groups -OCH3 is 1. The number of hydrogen-bond acceptors (Lipinski definition) is 5. The van der Waals surface area contributed by atoms with Crippen LogP contribution in [-0.4, -0.2) is 29.9 Å². The fourth-order valence-electron chi connectivity index (χ4n) is 2.32. The molecule has 2 heterocycles. The van der Waals surface area contributed by atoms with Gasteiger partial charge in [-0.25, -0.2) is 9.69 Å². The highest BCUT2D eigenvalue weighted by Crippen LogP contribution is 2.25. The van der Waals surface area contributed by atoms with Crippen molar-refractivity contribution in [2.24, 2.45) is 0 Å². The lowest BCUT2D eigenvalue weighted by atomic mass is 10.1. The molecule has 0 radical (unpaired) electrons. The lowest BCUT2D eigenvalue weighted by Crippen LogP contribution is -2.54. The number of carbonyl (C=O) groups excluding carboxylic acids is 3. The maximum Gasteiger partial charge on any atom is 0.335 e. The van der Waals surface area contributed by atoms with Crippen LogP contribution >= 0.6 is 22.6 Å². The Balaban J connectivity index is 2.00. The maximum absolute atomic E-state index is 12.7. The van der Waals surface area contributed by atoms with Crippen molar-refractivity contribution in [1.82, 2.24) is 10.3 Å². The first-order valence-corrected chi connectivity index (χ1v) is 8.24. The number of carbonyl (C=O) groups is 3. The van der Waals surface area contributed by atoms with Gasteiger partial charge in [0.2, 0.25) is 0 Å². The number of nitrogens with zero attached hydrogens (tertiary/aromatic N) is 2. The minimum Gasteiger partial charge on any atom is -0.496 e. The van der Waals surface area contributed by atoms with Gasteiger partial charge in [0.05, 0.1) is 16.4 Å². The van der Waals surface area contributed by atoms with Crippen molar-refractivity contribution < 1.29 is 19.1 Å². The summed E-state index contributed by atoms with van der Waals surface area (Å²) >= 11 is 2.10. The Morgan fingerprint density at radius 1 is 1.16 bits per heavy atom. The van der Waals surface area contributed by atoms with E-state index >= 15 is 0 Å². The zero-order valence-electron chi connectivity index (χ0n) is 13.0. The molecule has 1 aliphatic rings. The van der Waals surface area contributed by atoms with Gasteiger partial charge in [-0.1, -0.05) is 6.07 Å². The number of pyridine rings is 1. The Kier molecular flexibility index (Phi) is 4.79. The molecular weight excluding hydrogens is 437 g/mol. The number of benzene rings is 1. The van der Waals surface area contributed by atoms with Crippen LogP contribution in [0, 0.1) is 3.57 Å². The summed E-state index contributed by atoms with van der Waals surface area (Å²) in [6.45, 7) is 0. The van der Waals surface area contributed by atoms with Gasteiger partial charge in [-0.15, -0.1) is 0 Å². The first-order valence-electron chi connectivity index (χ1n) is 7.16. The second-order valence-electron chi connectivity index (χ2n) is 5.06. The smallest absolute Gasteiger partial charge is 0.335 e. The number of ether oxygens (including phenoxy) is 1. The van der Waals surface area contributed by atoms with Crippen molar-refractivity contribution in [1.29, 1.82) is 0 Å². The lowest BCUT2D eigenvalue weighted by molar-refractivity contribution is -0.122. The monoisotopic (exact) mass is 449 g/mol. The number of hydrogen-bond donors (Lipinski definition) is 1. The first-order chi connectivity index (χ1) is 12.0. The van der Waals surface area contributed by atoms with E-state index in [2.05, 4.69) is 32.9 Å². The number of amides is 4. The fourth-order valence-corrected chi connectivity index (χ4v) is 3.08. The Morgan fingerprint density at radius 2 is 1.88 bits per heavy atom. The Morgan fingerprint density at radius 3 is 2.52 bits per heavy atom. The Hall–Kier alpha value is -2.75. The van der Waals surface area contributed by atoms with Gasteiger partial charge in [0, 0.05) is 12.4 Å². The van der Waals surface area contributed by atoms with Crippen molar-refractivity contribution in [3.63, 3.8) is 0 Å². The molecule has 1 saturated heterocycles. The van der Waals surface area contributed by atoms with Gasteiger partial charge in [-0.05, 0) is 58.5 Å². The van der Waals surface area contributed by atoms with Gasteiger partial charge in [-0.2, -0.15) is 0 Å². The second kappa shape index (κ2) is 7.01. The van der Waals surface area contributed by atoms with Crippen LogP contribution in [-0.2, 0) is 9.59 Å². The summed E-state index contributed by atoms with van der Waals surface area (Å²) in [6, 6.07) is 7.48. The van der Waals surface area contributed by atoms with Gasteiger partial charge < -0.3 is 4.74 Å². The van der Waals surface area contributed by atoms with Gasteiger partial charge in [0.15, 0.2) is 0 Å². The van der Waals surface area contributed by atoms with Crippen LogP contribution in [0.25, 0.3) is 6.08 Å². The SMILES string of the molecule is COc1ccc(/C=C2\C(=O)NC(=O)N(c3ccncc3)C2=O)cc1I. The normalized spacial score (nSPS) is 16.2. The van der Waals surface area contributed by atoms with Crippen molar-refractivity contribution in [2.45, 2.75) is 0 Å². The van der Waals surface area contributed by atoms with Gasteiger partial charge in [-0.3, -0.25) is 19.9 Å². The highest BCUT2D eigenvalue weighted by Gasteiger charge is 2.36. The minimum atomic E-state index is -0.789. The van der Waals surface area contributed by atoms with Crippen LogP contribution < -0.4 is 15.0 Å². The van der Waals surface area contributed by atoms with E-state index in [4.69, 9.17) is 4.74 Å². The molecule has 0 atom stereocenters. The molecule has 0 bridgehead atoms. The third-order valence-corrected chi connectivity index (χ3v) is 4.35. The topological polar surface area (TPSA) is 88.6 Å². The van der Waals surface area contributed by atoms with E-state index in [9.17, 15) is 14.4 Å². The molecule has 1 aromatic heterocycles. The van der Waals surface area contributed by atoms with Crippen molar-refractivity contribution >= 4 is 52.2 Å².